The maximum Gasteiger partial charge on any atom is 0.375 e. The highest BCUT2D eigenvalue weighted by Crippen LogP contribution is 2.09. The Kier molecular flexibility index (Phi) is 6.26. The molecule has 0 aliphatic rings. The van der Waals surface area contributed by atoms with Gasteiger partial charge < -0.3 is 4.74 Å². The van der Waals surface area contributed by atoms with Gasteiger partial charge in [-0.3, -0.25) is 15.2 Å². The summed E-state index contributed by atoms with van der Waals surface area (Å²) in [6.45, 7) is 3.25. The lowest BCUT2D eigenvalue weighted by Gasteiger charge is -2.08. The predicted octanol–water partition coefficient (Wildman–Crippen LogP) is 1.26. The van der Waals surface area contributed by atoms with Gasteiger partial charge in [0, 0.05) is 6.42 Å². The van der Waals surface area contributed by atoms with Crippen molar-refractivity contribution in [3.05, 3.63) is 35.4 Å². The van der Waals surface area contributed by atoms with Gasteiger partial charge in [0.2, 0.25) is 5.78 Å². The SMILES string of the molecule is CC(C)OC(=O)C(=O)Cc1cccc(CON(O)O)c1. The van der Waals surface area contributed by atoms with Gasteiger partial charge in [-0.05, 0) is 25.0 Å². The summed E-state index contributed by atoms with van der Waals surface area (Å²) in [7, 11) is 0. The van der Waals surface area contributed by atoms with Crippen LogP contribution >= 0.6 is 0 Å². The monoisotopic (exact) mass is 283 g/mol. The highest BCUT2D eigenvalue weighted by atomic mass is 17.1. The molecular formula is C13H17NO6. The van der Waals surface area contributed by atoms with Crippen molar-refractivity contribution in [2.24, 2.45) is 0 Å². The van der Waals surface area contributed by atoms with E-state index in [1.54, 1.807) is 38.1 Å². The Balaban J connectivity index is 2.61. The van der Waals surface area contributed by atoms with E-state index in [4.69, 9.17) is 15.2 Å². The fourth-order valence-corrected chi connectivity index (χ4v) is 1.50. The number of hydrogen-bond donors (Lipinski definition) is 2. The van der Waals surface area contributed by atoms with Crippen LogP contribution in [0.3, 0.4) is 0 Å². The van der Waals surface area contributed by atoms with Crippen LogP contribution in [0.5, 0.6) is 0 Å². The minimum Gasteiger partial charge on any atom is -0.457 e. The number of benzene rings is 1. The molecule has 0 unspecified atom stereocenters. The first-order valence-electron chi connectivity index (χ1n) is 6.01. The largest absolute Gasteiger partial charge is 0.457 e. The molecule has 0 heterocycles. The van der Waals surface area contributed by atoms with Crippen LogP contribution in [0.25, 0.3) is 0 Å². The molecule has 0 aromatic heterocycles. The van der Waals surface area contributed by atoms with Gasteiger partial charge in [-0.2, -0.15) is 0 Å². The maximum atomic E-state index is 11.6. The van der Waals surface area contributed by atoms with E-state index in [0.29, 0.717) is 11.1 Å². The third kappa shape index (κ3) is 5.89. The average Bonchev–Trinajstić information content (AvgIpc) is 2.36. The van der Waals surface area contributed by atoms with Crippen LogP contribution < -0.4 is 0 Å². The highest BCUT2D eigenvalue weighted by molar-refractivity contribution is 6.34. The Morgan fingerprint density at radius 3 is 2.50 bits per heavy atom. The Bertz CT molecular complexity index is 472. The van der Waals surface area contributed by atoms with Crippen molar-refractivity contribution < 1.29 is 29.6 Å². The standard InChI is InChI=1S/C13H17NO6/c1-9(2)20-13(16)12(15)7-10-4-3-5-11(6-10)8-19-14(17)18/h3-6,9,17-18H,7-8H2,1-2H3. The zero-order valence-corrected chi connectivity index (χ0v) is 11.3. The van der Waals surface area contributed by atoms with Gasteiger partial charge in [0.25, 0.3) is 0 Å². The third-order valence-electron chi connectivity index (χ3n) is 2.27. The molecule has 2 N–H and O–H groups in total. The molecule has 0 atom stereocenters. The topological polar surface area (TPSA) is 96.3 Å². The van der Waals surface area contributed by atoms with Crippen molar-refractivity contribution in [3.63, 3.8) is 0 Å². The summed E-state index contributed by atoms with van der Waals surface area (Å²) in [5, 5.41) is 16.5. The second-order valence-electron chi connectivity index (χ2n) is 4.40. The summed E-state index contributed by atoms with van der Waals surface area (Å²) in [4.78, 5) is 27.5. The quantitative estimate of drug-likeness (QED) is 0.442. The highest BCUT2D eigenvalue weighted by Gasteiger charge is 2.17. The normalized spacial score (nSPS) is 10.9. The zero-order valence-electron chi connectivity index (χ0n) is 11.3. The number of Topliss-reactive ketones (excluding diaryl/α,β-unsaturated/α-hetero) is 1. The molecule has 0 bridgehead atoms. The molecule has 7 nitrogen and oxygen atoms in total. The lowest BCUT2D eigenvalue weighted by molar-refractivity contribution is -0.497. The summed E-state index contributed by atoms with van der Waals surface area (Å²) in [6.07, 6.45) is -0.423. The van der Waals surface area contributed by atoms with E-state index in [2.05, 4.69) is 4.84 Å². The summed E-state index contributed by atoms with van der Waals surface area (Å²) in [6, 6.07) is 6.67. The Morgan fingerprint density at radius 1 is 1.25 bits per heavy atom. The van der Waals surface area contributed by atoms with Crippen molar-refractivity contribution in [2.75, 3.05) is 0 Å². The molecule has 0 fully saturated rings. The molecule has 0 amide bonds. The van der Waals surface area contributed by atoms with E-state index in [0.717, 1.165) is 0 Å². The summed E-state index contributed by atoms with van der Waals surface area (Å²) in [5.41, 5.74) is 1.24. The van der Waals surface area contributed by atoms with Crippen LogP contribution in [0.15, 0.2) is 24.3 Å². The van der Waals surface area contributed by atoms with Crippen LogP contribution in [0.2, 0.25) is 0 Å². The number of ether oxygens (including phenoxy) is 1. The van der Waals surface area contributed by atoms with E-state index in [1.165, 1.54) is 0 Å². The molecule has 0 spiro atoms. The lowest BCUT2D eigenvalue weighted by Crippen LogP contribution is -2.22. The fourth-order valence-electron chi connectivity index (χ4n) is 1.50. The van der Waals surface area contributed by atoms with Crippen molar-refractivity contribution in [2.45, 2.75) is 33.0 Å². The first kappa shape index (κ1) is 16.3. The molecule has 7 heteroatoms. The van der Waals surface area contributed by atoms with E-state index >= 15 is 0 Å². The average molecular weight is 283 g/mol. The molecule has 0 saturated heterocycles. The number of carbonyl (C=O) groups is 2. The third-order valence-corrected chi connectivity index (χ3v) is 2.27. The minimum atomic E-state index is -0.862. The number of nitrogens with zero attached hydrogens (tertiary/aromatic N) is 1. The van der Waals surface area contributed by atoms with Gasteiger partial charge in [-0.25, -0.2) is 9.63 Å². The van der Waals surface area contributed by atoms with Gasteiger partial charge in [0.1, 0.15) is 0 Å². The smallest absolute Gasteiger partial charge is 0.375 e. The second-order valence-corrected chi connectivity index (χ2v) is 4.40. The summed E-state index contributed by atoms with van der Waals surface area (Å²) < 4.78 is 4.81. The molecule has 0 radical (unpaired) electrons. The number of rotatable bonds is 7. The van der Waals surface area contributed by atoms with Crippen LogP contribution in [-0.4, -0.2) is 33.7 Å². The maximum absolute atomic E-state index is 11.6. The number of carbonyl (C=O) groups excluding carboxylic acids is 2. The molecule has 1 aromatic rings. The Hall–Kier alpha value is -1.80. The van der Waals surface area contributed by atoms with Crippen molar-refractivity contribution in [3.8, 4) is 0 Å². The van der Waals surface area contributed by atoms with Crippen molar-refractivity contribution >= 4 is 11.8 Å². The van der Waals surface area contributed by atoms with Crippen LogP contribution in [-0.2, 0) is 32.2 Å². The van der Waals surface area contributed by atoms with Gasteiger partial charge in [0.05, 0.1) is 18.1 Å². The van der Waals surface area contributed by atoms with Crippen LogP contribution in [0.1, 0.15) is 25.0 Å². The van der Waals surface area contributed by atoms with E-state index in [-0.39, 0.29) is 19.1 Å². The number of esters is 1. The Morgan fingerprint density at radius 2 is 1.90 bits per heavy atom. The molecule has 110 valence electrons. The van der Waals surface area contributed by atoms with Gasteiger partial charge in [-0.15, -0.1) is 0 Å². The fraction of sp³-hybridized carbons (Fsp3) is 0.385. The molecule has 0 saturated carbocycles. The molecule has 1 aromatic carbocycles. The Labute approximate surface area is 116 Å². The lowest BCUT2D eigenvalue weighted by atomic mass is 10.1. The van der Waals surface area contributed by atoms with E-state index in [1.807, 2.05) is 0 Å². The van der Waals surface area contributed by atoms with Crippen molar-refractivity contribution in [1.82, 2.24) is 5.39 Å². The van der Waals surface area contributed by atoms with Gasteiger partial charge in [0.15, 0.2) is 0 Å². The van der Waals surface area contributed by atoms with E-state index in [9.17, 15) is 9.59 Å². The van der Waals surface area contributed by atoms with Gasteiger partial charge >= 0.3 is 5.97 Å². The van der Waals surface area contributed by atoms with E-state index < -0.39 is 17.1 Å². The molecule has 0 aliphatic heterocycles. The second kappa shape index (κ2) is 7.71. The molecule has 0 aliphatic carbocycles. The van der Waals surface area contributed by atoms with Crippen LogP contribution in [0, 0.1) is 0 Å². The molecule has 20 heavy (non-hydrogen) atoms. The number of ketones is 1. The first-order chi connectivity index (χ1) is 9.38. The first-order valence-corrected chi connectivity index (χ1v) is 6.01. The predicted molar refractivity (Wildman–Crippen MR) is 66.6 cm³/mol. The molecule has 1 rings (SSSR count). The number of hydrogen-bond acceptors (Lipinski definition) is 7. The van der Waals surface area contributed by atoms with Crippen LogP contribution in [0.4, 0.5) is 0 Å². The summed E-state index contributed by atoms with van der Waals surface area (Å²) in [5.74, 6) is -1.50. The van der Waals surface area contributed by atoms with Crippen molar-refractivity contribution in [1.29, 1.82) is 0 Å². The zero-order chi connectivity index (χ0) is 15.1. The minimum absolute atomic E-state index is 0.0779. The van der Waals surface area contributed by atoms with Gasteiger partial charge in [-0.1, -0.05) is 24.3 Å². The summed E-state index contributed by atoms with van der Waals surface area (Å²) >= 11 is 0. The molecular weight excluding hydrogens is 266 g/mol.